The van der Waals surface area contributed by atoms with Crippen molar-refractivity contribution in [3.63, 3.8) is 0 Å². The van der Waals surface area contributed by atoms with Gasteiger partial charge in [-0.2, -0.15) is 0 Å². The van der Waals surface area contributed by atoms with Crippen LogP contribution in [0.5, 0.6) is 0 Å². The molecule has 0 radical (unpaired) electrons. The molecule has 1 atom stereocenters. The first kappa shape index (κ1) is 23.0. The second-order valence-electron chi connectivity index (χ2n) is 8.47. The summed E-state index contributed by atoms with van der Waals surface area (Å²) in [6, 6.07) is 21.5. The Morgan fingerprint density at radius 1 is 0.972 bits per heavy atom. The predicted octanol–water partition coefficient (Wildman–Crippen LogP) is 4.71. The highest BCUT2D eigenvalue weighted by Crippen LogP contribution is 2.25. The van der Waals surface area contributed by atoms with E-state index in [2.05, 4.69) is 20.5 Å². The van der Waals surface area contributed by atoms with E-state index in [1.54, 1.807) is 24.3 Å². The molecule has 8 nitrogen and oxygen atoms in total. The van der Waals surface area contributed by atoms with E-state index in [1.807, 2.05) is 61.7 Å². The summed E-state index contributed by atoms with van der Waals surface area (Å²) in [5.74, 6) is -0.124. The largest absolute Gasteiger partial charge is 0.467 e. The van der Waals surface area contributed by atoms with E-state index in [-0.39, 0.29) is 5.91 Å². The first-order chi connectivity index (χ1) is 17.5. The summed E-state index contributed by atoms with van der Waals surface area (Å²) in [7, 11) is 1.31. The van der Waals surface area contributed by atoms with E-state index < -0.39 is 12.0 Å². The fourth-order valence-electron chi connectivity index (χ4n) is 4.10. The molecule has 0 fully saturated rings. The zero-order chi connectivity index (χ0) is 25.1. The van der Waals surface area contributed by atoms with Gasteiger partial charge in [0.25, 0.3) is 5.91 Å². The van der Waals surface area contributed by atoms with Crippen LogP contribution in [-0.4, -0.2) is 40.2 Å². The third kappa shape index (κ3) is 4.74. The monoisotopic (exact) mass is 480 g/mol. The molecule has 0 saturated heterocycles. The van der Waals surface area contributed by atoms with Gasteiger partial charge in [-0.05, 0) is 55.0 Å². The number of ether oxygens (including phenoxy) is 1. The number of nitrogens with one attached hydrogen (secondary N) is 2. The number of aromatic amines is 1. The van der Waals surface area contributed by atoms with Crippen molar-refractivity contribution in [1.29, 1.82) is 0 Å². The minimum absolute atomic E-state index is 0.296. The van der Waals surface area contributed by atoms with Crippen LogP contribution in [0.15, 0.2) is 83.4 Å². The number of aromatic nitrogens is 3. The average molecular weight is 481 g/mol. The van der Waals surface area contributed by atoms with Gasteiger partial charge in [-0.3, -0.25) is 4.79 Å². The quantitative estimate of drug-likeness (QED) is 0.327. The summed E-state index contributed by atoms with van der Waals surface area (Å²) in [4.78, 5) is 28.6. The van der Waals surface area contributed by atoms with Gasteiger partial charge in [0.15, 0.2) is 0 Å². The van der Waals surface area contributed by atoms with Crippen LogP contribution in [0.2, 0.25) is 0 Å². The third-order valence-corrected chi connectivity index (χ3v) is 5.97. The average Bonchev–Trinajstić information content (AvgIpc) is 3.56. The number of amides is 1. The van der Waals surface area contributed by atoms with Crippen LogP contribution < -0.4 is 5.32 Å². The Morgan fingerprint density at radius 3 is 2.47 bits per heavy atom. The van der Waals surface area contributed by atoms with Crippen molar-refractivity contribution in [1.82, 2.24) is 20.5 Å². The van der Waals surface area contributed by atoms with Crippen molar-refractivity contribution < 1.29 is 18.7 Å². The van der Waals surface area contributed by atoms with E-state index in [1.165, 1.54) is 7.11 Å². The van der Waals surface area contributed by atoms with Crippen LogP contribution in [0, 0.1) is 6.92 Å². The highest BCUT2D eigenvalue weighted by molar-refractivity contribution is 5.97. The van der Waals surface area contributed by atoms with Gasteiger partial charge in [0.1, 0.15) is 6.04 Å². The first-order valence-corrected chi connectivity index (χ1v) is 11.5. The van der Waals surface area contributed by atoms with Gasteiger partial charge >= 0.3 is 5.97 Å². The molecule has 5 rings (SSSR count). The Kier molecular flexibility index (Phi) is 6.32. The Hall–Kier alpha value is -4.72. The van der Waals surface area contributed by atoms with Gasteiger partial charge in [0.2, 0.25) is 11.8 Å². The van der Waals surface area contributed by atoms with Crippen LogP contribution in [0.4, 0.5) is 0 Å². The van der Waals surface area contributed by atoms with E-state index >= 15 is 0 Å². The SMILES string of the molecule is COC(=O)[C@@H](Cc1c[nH]c2ccccc12)NC(=O)c1ccc(-c2nnc(-c3cccc(C)c3)o2)cc1. The van der Waals surface area contributed by atoms with Crippen LogP contribution in [-0.2, 0) is 16.0 Å². The molecule has 0 saturated carbocycles. The molecule has 8 heteroatoms. The number of rotatable bonds is 7. The number of carbonyl (C=O) groups is 2. The van der Waals surface area contributed by atoms with E-state index in [4.69, 9.17) is 9.15 Å². The lowest BCUT2D eigenvalue weighted by molar-refractivity contribution is -0.142. The molecule has 2 aromatic heterocycles. The van der Waals surface area contributed by atoms with Crippen molar-refractivity contribution >= 4 is 22.8 Å². The molecule has 1 amide bonds. The summed E-state index contributed by atoms with van der Waals surface area (Å²) >= 11 is 0. The third-order valence-electron chi connectivity index (χ3n) is 5.97. The fraction of sp³-hybridized carbons (Fsp3) is 0.143. The molecule has 2 heterocycles. The molecule has 180 valence electrons. The molecule has 0 bridgehead atoms. The van der Waals surface area contributed by atoms with Crippen LogP contribution in [0.1, 0.15) is 21.5 Å². The van der Waals surface area contributed by atoms with Gasteiger partial charge in [0, 0.05) is 40.2 Å². The Morgan fingerprint density at radius 2 is 1.72 bits per heavy atom. The Bertz CT molecular complexity index is 1530. The molecule has 2 N–H and O–H groups in total. The second-order valence-corrected chi connectivity index (χ2v) is 8.47. The summed E-state index contributed by atoms with van der Waals surface area (Å²) < 4.78 is 10.8. The number of carbonyl (C=O) groups excluding carboxylic acids is 2. The van der Waals surface area contributed by atoms with Gasteiger partial charge in [-0.1, -0.05) is 35.9 Å². The lowest BCUT2D eigenvalue weighted by Crippen LogP contribution is -2.43. The number of hydrogen-bond donors (Lipinski definition) is 2. The van der Waals surface area contributed by atoms with Gasteiger partial charge < -0.3 is 19.5 Å². The van der Waals surface area contributed by atoms with E-state index in [0.717, 1.165) is 27.6 Å². The number of fused-ring (bicyclic) bond motifs is 1. The molecular weight excluding hydrogens is 456 g/mol. The predicted molar refractivity (Wildman–Crippen MR) is 135 cm³/mol. The molecule has 0 aliphatic carbocycles. The summed E-state index contributed by atoms with van der Waals surface area (Å²) in [6.07, 6.45) is 2.14. The van der Waals surface area contributed by atoms with Gasteiger partial charge in [-0.15, -0.1) is 10.2 Å². The van der Waals surface area contributed by atoms with Gasteiger partial charge in [0.05, 0.1) is 7.11 Å². The number of aryl methyl sites for hydroxylation is 1. The number of esters is 1. The van der Waals surface area contributed by atoms with E-state index in [9.17, 15) is 9.59 Å². The molecule has 0 aliphatic heterocycles. The van der Waals surface area contributed by atoms with Crippen molar-refractivity contribution in [3.8, 4) is 22.9 Å². The summed E-state index contributed by atoms with van der Waals surface area (Å²) in [5, 5.41) is 12.1. The number of benzene rings is 3. The lowest BCUT2D eigenvalue weighted by Gasteiger charge is -2.16. The number of methoxy groups -OCH3 is 1. The van der Waals surface area contributed by atoms with Crippen LogP contribution in [0.3, 0.4) is 0 Å². The topological polar surface area (TPSA) is 110 Å². The number of para-hydroxylation sites is 1. The normalized spacial score (nSPS) is 11.8. The fourth-order valence-corrected chi connectivity index (χ4v) is 4.10. The van der Waals surface area contributed by atoms with Crippen molar-refractivity contribution in [2.45, 2.75) is 19.4 Å². The van der Waals surface area contributed by atoms with Crippen molar-refractivity contribution in [3.05, 3.63) is 95.7 Å². The molecule has 0 unspecified atom stereocenters. The zero-order valence-corrected chi connectivity index (χ0v) is 19.8. The highest BCUT2D eigenvalue weighted by atomic mass is 16.5. The molecule has 0 spiro atoms. The molecule has 5 aromatic rings. The van der Waals surface area contributed by atoms with Crippen molar-refractivity contribution in [2.24, 2.45) is 0 Å². The van der Waals surface area contributed by atoms with Crippen LogP contribution >= 0.6 is 0 Å². The molecule has 0 aliphatic rings. The lowest BCUT2D eigenvalue weighted by atomic mass is 10.0. The molecule has 3 aromatic carbocycles. The van der Waals surface area contributed by atoms with E-state index in [0.29, 0.717) is 29.3 Å². The number of H-pyrrole nitrogens is 1. The minimum atomic E-state index is -0.839. The summed E-state index contributed by atoms with van der Waals surface area (Å²) in [6.45, 7) is 2.00. The number of hydrogen-bond acceptors (Lipinski definition) is 6. The maximum atomic E-state index is 13.0. The minimum Gasteiger partial charge on any atom is -0.467 e. The zero-order valence-electron chi connectivity index (χ0n) is 19.8. The Balaban J connectivity index is 1.31. The smallest absolute Gasteiger partial charge is 0.328 e. The number of nitrogens with zero attached hydrogens (tertiary/aromatic N) is 2. The van der Waals surface area contributed by atoms with Crippen LogP contribution in [0.25, 0.3) is 33.8 Å². The Labute approximate surface area is 207 Å². The molecular formula is C28H24N4O4. The van der Waals surface area contributed by atoms with Crippen molar-refractivity contribution in [2.75, 3.05) is 7.11 Å². The highest BCUT2D eigenvalue weighted by Gasteiger charge is 2.24. The first-order valence-electron chi connectivity index (χ1n) is 11.5. The molecule has 36 heavy (non-hydrogen) atoms. The summed E-state index contributed by atoms with van der Waals surface area (Å²) in [5.41, 5.74) is 4.89. The second kappa shape index (κ2) is 9.87. The standard InChI is InChI=1S/C28H24N4O4/c1-17-6-5-7-20(14-17)27-32-31-26(36-27)19-12-10-18(11-13-19)25(33)30-24(28(34)35-2)15-21-16-29-23-9-4-3-8-22(21)23/h3-14,16,24,29H,15H2,1-2H3,(H,30,33)/t24-/m1/s1. The maximum Gasteiger partial charge on any atom is 0.328 e. The maximum absolute atomic E-state index is 13.0. The van der Waals surface area contributed by atoms with Gasteiger partial charge in [-0.25, -0.2) is 4.79 Å².